The zero-order chi connectivity index (χ0) is 11.4. The van der Waals surface area contributed by atoms with Gasteiger partial charge in [0, 0.05) is 31.7 Å². The van der Waals surface area contributed by atoms with Crippen molar-refractivity contribution >= 4 is 0 Å². The van der Waals surface area contributed by atoms with E-state index in [-0.39, 0.29) is 0 Å². The second-order valence-electron chi connectivity index (χ2n) is 5.25. The Morgan fingerprint density at radius 2 is 1.62 bits per heavy atom. The van der Waals surface area contributed by atoms with E-state index in [1.807, 2.05) is 0 Å². The number of hydrogen-bond acceptors (Lipinski definition) is 3. The van der Waals surface area contributed by atoms with Crippen LogP contribution >= 0.6 is 0 Å². The lowest BCUT2D eigenvalue weighted by Crippen LogP contribution is -2.59. The molecule has 0 aliphatic carbocycles. The Morgan fingerprint density at radius 1 is 1.00 bits per heavy atom. The standard InChI is InChI=1S/C13H27N3/c1-3-13(16-11-7-14-8-12-16)5-9-15(4-2)10-6-13/h14H,3-12H2,1-2H3. The number of piperazine rings is 1. The van der Waals surface area contributed by atoms with Gasteiger partial charge in [-0.05, 0) is 38.9 Å². The van der Waals surface area contributed by atoms with Crippen LogP contribution < -0.4 is 5.32 Å². The molecule has 0 unspecified atom stereocenters. The second kappa shape index (κ2) is 5.48. The van der Waals surface area contributed by atoms with E-state index < -0.39 is 0 Å². The summed E-state index contributed by atoms with van der Waals surface area (Å²) in [6.07, 6.45) is 4.07. The van der Waals surface area contributed by atoms with E-state index in [2.05, 4.69) is 29.0 Å². The highest BCUT2D eigenvalue weighted by Gasteiger charge is 2.38. The molecule has 0 bridgehead atoms. The predicted molar refractivity (Wildman–Crippen MR) is 68.8 cm³/mol. The summed E-state index contributed by atoms with van der Waals surface area (Å²) in [6, 6.07) is 0. The number of hydrogen-bond donors (Lipinski definition) is 1. The fraction of sp³-hybridized carbons (Fsp3) is 1.00. The molecule has 0 aromatic rings. The lowest BCUT2D eigenvalue weighted by molar-refractivity contribution is 0.0111. The summed E-state index contributed by atoms with van der Waals surface area (Å²) < 4.78 is 0. The SMILES string of the molecule is CCN1CCC(CC)(N2CCNCC2)CC1. The molecule has 0 saturated carbocycles. The number of piperidine rings is 1. The fourth-order valence-corrected chi connectivity index (χ4v) is 3.32. The van der Waals surface area contributed by atoms with Crippen molar-refractivity contribution in [2.75, 3.05) is 45.8 Å². The van der Waals surface area contributed by atoms with E-state index >= 15 is 0 Å². The smallest absolute Gasteiger partial charge is 0.0232 e. The average Bonchev–Trinajstić information content (AvgIpc) is 2.40. The van der Waals surface area contributed by atoms with E-state index in [0.717, 1.165) is 0 Å². The van der Waals surface area contributed by atoms with Gasteiger partial charge in [-0.2, -0.15) is 0 Å². The monoisotopic (exact) mass is 225 g/mol. The van der Waals surface area contributed by atoms with Gasteiger partial charge in [-0.3, -0.25) is 4.90 Å². The molecule has 2 aliphatic rings. The molecule has 0 amide bonds. The van der Waals surface area contributed by atoms with Crippen LogP contribution in [0.5, 0.6) is 0 Å². The van der Waals surface area contributed by atoms with Gasteiger partial charge in [0.1, 0.15) is 0 Å². The summed E-state index contributed by atoms with van der Waals surface area (Å²) in [5.41, 5.74) is 0.522. The summed E-state index contributed by atoms with van der Waals surface area (Å²) in [6.45, 7) is 13.3. The molecule has 0 atom stereocenters. The molecule has 3 nitrogen and oxygen atoms in total. The molecule has 3 heteroatoms. The molecule has 1 N–H and O–H groups in total. The van der Waals surface area contributed by atoms with E-state index in [4.69, 9.17) is 0 Å². The Balaban J connectivity index is 1.96. The summed E-state index contributed by atoms with van der Waals surface area (Å²) in [5.74, 6) is 0. The van der Waals surface area contributed by atoms with E-state index in [1.54, 1.807) is 0 Å². The molecule has 2 aliphatic heterocycles. The highest BCUT2D eigenvalue weighted by atomic mass is 15.3. The van der Waals surface area contributed by atoms with Gasteiger partial charge in [0.15, 0.2) is 0 Å². The molecule has 0 radical (unpaired) electrons. The van der Waals surface area contributed by atoms with Crippen molar-refractivity contribution in [2.45, 2.75) is 38.6 Å². The van der Waals surface area contributed by atoms with Crippen molar-refractivity contribution in [1.29, 1.82) is 0 Å². The zero-order valence-corrected chi connectivity index (χ0v) is 11.0. The molecular weight excluding hydrogens is 198 g/mol. The molecular formula is C13H27N3. The fourth-order valence-electron chi connectivity index (χ4n) is 3.32. The molecule has 2 heterocycles. The first-order chi connectivity index (χ1) is 7.80. The Labute approximate surface area is 100 Å². The number of likely N-dealkylation sites (tertiary alicyclic amines) is 1. The van der Waals surface area contributed by atoms with E-state index in [0.29, 0.717) is 5.54 Å². The van der Waals surface area contributed by atoms with Crippen molar-refractivity contribution in [1.82, 2.24) is 15.1 Å². The zero-order valence-electron chi connectivity index (χ0n) is 11.0. The molecule has 0 aromatic carbocycles. The highest BCUT2D eigenvalue weighted by molar-refractivity contribution is 4.95. The van der Waals surface area contributed by atoms with E-state index in [1.165, 1.54) is 65.1 Å². The first-order valence-electron chi connectivity index (χ1n) is 6.99. The summed E-state index contributed by atoms with van der Waals surface area (Å²) in [4.78, 5) is 5.35. The Bertz CT molecular complexity index is 203. The Morgan fingerprint density at radius 3 is 2.12 bits per heavy atom. The van der Waals surface area contributed by atoms with Crippen LogP contribution in [-0.4, -0.2) is 61.2 Å². The van der Waals surface area contributed by atoms with Gasteiger partial charge in [0.25, 0.3) is 0 Å². The summed E-state index contributed by atoms with van der Waals surface area (Å²) >= 11 is 0. The summed E-state index contributed by atoms with van der Waals surface area (Å²) in [5, 5.41) is 3.46. The average molecular weight is 225 g/mol. The maximum Gasteiger partial charge on any atom is 0.0232 e. The molecule has 2 saturated heterocycles. The number of nitrogens with one attached hydrogen (secondary N) is 1. The van der Waals surface area contributed by atoms with Crippen LogP contribution in [0.25, 0.3) is 0 Å². The van der Waals surface area contributed by atoms with Gasteiger partial charge in [0.05, 0.1) is 0 Å². The molecule has 2 fully saturated rings. The number of nitrogens with zero attached hydrogens (tertiary/aromatic N) is 2. The van der Waals surface area contributed by atoms with Gasteiger partial charge < -0.3 is 10.2 Å². The molecule has 94 valence electrons. The summed E-state index contributed by atoms with van der Waals surface area (Å²) in [7, 11) is 0. The number of rotatable bonds is 3. The van der Waals surface area contributed by atoms with Crippen LogP contribution in [-0.2, 0) is 0 Å². The Hall–Kier alpha value is -0.120. The normalized spacial score (nSPS) is 28.1. The van der Waals surface area contributed by atoms with Crippen molar-refractivity contribution < 1.29 is 0 Å². The maximum atomic E-state index is 3.46. The van der Waals surface area contributed by atoms with Crippen LogP contribution in [0, 0.1) is 0 Å². The van der Waals surface area contributed by atoms with Gasteiger partial charge in [-0.25, -0.2) is 0 Å². The molecule has 0 spiro atoms. The quantitative estimate of drug-likeness (QED) is 0.777. The van der Waals surface area contributed by atoms with Crippen molar-refractivity contribution in [3.63, 3.8) is 0 Å². The van der Waals surface area contributed by atoms with Gasteiger partial charge in [-0.15, -0.1) is 0 Å². The van der Waals surface area contributed by atoms with Crippen molar-refractivity contribution in [3.05, 3.63) is 0 Å². The van der Waals surface area contributed by atoms with Crippen LogP contribution in [0.1, 0.15) is 33.1 Å². The molecule has 16 heavy (non-hydrogen) atoms. The minimum absolute atomic E-state index is 0.522. The van der Waals surface area contributed by atoms with Crippen LogP contribution in [0.4, 0.5) is 0 Å². The lowest BCUT2D eigenvalue weighted by atomic mass is 9.82. The van der Waals surface area contributed by atoms with E-state index in [9.17, 15) is 0 Å². The second-order valence-corrected chi connectivity index (χ2v) is 5.25. The largest absolute Gasteiger partial charge is 0.314 e. The minimum Gasteiger partial charge on any atom is -0.314 e. The third-order valence-corrected chi connectivity index (χ3v) is 4.68. The third-order valence-electron chi connectivity index (χ3n) is 4.68. The Kier molecular flexibility index (Phi) is 4.22. The maximum absolute atomic E-state index is 3.46. The van der Waals surface area contributed by atoms with Crippen LogP contribution in [0.3, 0.4) is 0 Å². The lowest BCUT2D eigenvalue weighted by Gasteiger charge is -2.50. The van der Waals surface area contributed by atoms with Crippen LogP contribution in [0.15, 0.2) is 0 Å². The molecule has 2 rings (SSSR count). The molecule has 0 aromatic heterocycles. The van der Waals surface area contributed by atoms with Gasteiger partial charge in [-0.1, -0.05) is 13.8 Å². The first kappa shape index (κ1) is 12.3. The van der Waals surface area contributed by atoms with Crippen LogP contribution in [0.2, 0.25) is 0 Å². The third kappa shape index (κ3) is 2.41. The van der Waals surface area contributed by atoms with Crippen molar-refractivity contribution in [2.24, 2.45) is 0 Å². The van der Waals surface area contributed by atoms with Gasteiger partial charge in [0.2, 0.25) is 0 Å². The highest BCUT2D eigenvalue weighted by Crippen LogP contribution is 2.32. The topological polar surface area (TPSA) is 18.5 Å². The van der Waals surface area contributed by atoms with Crippen molar-refractivity contribution in [3.8, 4) is 0 Å². The first-order valence-corrected chi connectivity index (χ1v) is 6.99. The van der Waals surface area contributed by atoms with Gasteiger partial charge >= 0.3 is 0 Å². The predicted octanol–water partition coefficient (Wildman–Crippen LogP) is 1.16. The minimum atomic E-state index is 0.522.